The summed E-state index contributed by atoms with van der Waals surface area (Å²) in [7, 11) is 0. The van der Waals surface area contributed by atoms with Gasteiger partial charge in [-0.25, -0.2) is 9.78 Å². The standard InChI is InChI=1S/C24H31N3O4S/c1-15(2)21(24(30)31)27-22(29)23-25-14-19(32-23)17-9-11-18(12-10-17)26-20(28)13-8-16-6-4-3-5-7-16/h9-12,14-16,21H,3-8,13H2,1-2H3,(H,26,28)(H,27,29)(H,30,31)/t21-/m1/s1. The number of hydrogen-bond acceptors (Lipinski definition) is 5. The number of nitrogens with one attached hydrogen (secondary N) is 2. The highest BCUT2D eigenvalue weighted by molar-refractivity contribution is 7.17. The highest BCUT2D eigenvalue weighted by Gasteiger charge is 2.25. The van der Waals surface area contributed by atoms with Gasteiger partial charge in [-0.3, -0.25) is 9.59 Å². The fraction of sp³-hybridized carbons (Fsp3) is 0.500. The van der Waals surface area contributed by atoms with Crippen LogP contribution in [-0.2, 0) is 9.59 Å². The molecule has 1 fully saturated rings. The Balaban J connectivity index is 1.54. The molecule has 172 valence electrons. The van der Waals surface area contributed by atoms with E-state index < -0.39 is 17.9 Å². The minimum atomic E-state index is -1.07. The Bertz CT molecular complexity index is 933. The van der Waals surface area contributed by atoms with Crippen molar-refractivity contribution in [3.8, 4) is 10.4 Å². The van der Waals surface area contributed by atoms with E-state index in [1.165, 1.54) is 43.4 Å². The van der Waals surface area contributed by atoms with Crippen LogP contribution in [0.3, 0.4) is 0 Å². The molecule has 0 aliphatic heterocycles. The second-order valence-electron chi connectivity index (χ2n) is 8.73. The summed E-state index contributed by atoms with van der Waals surface area (Å²) in [6.07, 6.45) is 9.47. The SMILES string of the molecule is CC(C)[C@@H](NC(=O)c1ncc(-c2ccc(NC(=O)CCC3CCCCC3)cc2)s1)C(=O)O. The largest absolute Gasteiger partial charge is 0.480 e. The van der Waals surface area contributed by atoms with Crippen molar-refractivity contribution < 1.29 is 19.5 Å². The molecule has 7 nitrogen and oxygen atoms in total. The van der Waals surface area contributed by atoms with Crippen LogP contribution in [-0.4, -0.2) is 33.9 Å². The Morgan fingerprint density at radius 3 is 2.44 bits per heavy atom. The maximum atomic E-state index is 12.4. The van der Waals surface area contributed by atoms with Crippen LogP contribution in [0.1, 0.15) is 68.6 Å². The van der Waals surface area contributed by atoms with Crippen molar-refractivity contribution >= 4 is 34.8 Å². The molecule has 1 aromatic carbocycles. The monoisotopic (exact) mass is 457 g/mol. The van der Waals surface area contributed by atoms with E-state index in [1.807, 2.05) is 24.3 Å². The normalized spacial score (nSPS) is 15.3. The van der Waals surface area contributed by atoms with Crippen molar-refractivity contribution in [2.75, 3.05) is 5.32 Å². The lowest BCUT2D eigenvalue weighted by molar-refractivity contribution is -0.140. The van der Waals surface area contributed by atoms with E-state index in [2.05, 4.69) is 15.6 Å². The summed E-state index contributed by atoms with van der Waals surface area (Å²) in [5, 5.41) is 14.9. The molecule has 0 radical (unpaired) electrons. The topological polar surface area (TPSA) is 108 Å². The fourth-order valence-electron chi connectivity index (χ4n) is 3.98. The summed E-state index contributed by atoms with van der Waals surface area (Å²) in [6, 6.07) is 6.47. The number of anilines is 1. The molecular formula is C24H31N3O4S. The molecule has 2 amide bonds. The lowest BCUT2D eigenvalue weighted by Crippen LogP contribution is -2.44. The number of thiazole rings is 1. The number of amides is 2. The molecule has 3 N–H and O–H groups in total. The predicted octanol–water partition coefficient (Wildman–Crippen LogP) is 4.95. The number of benzene rings is 1. The summed E-state index contributed by atoms with van der Waals surface area (Å²) in [4.78, 5) is 40.9. The molecule has 0 unspecified atom stereocenters. The third-order valence-electron chi connectivity index (χ3n) is 5.88. The van der Waals surface area contributed by atoms with Crippen LogP contribution in [0.15, 0.2) is 30.5 Å². The van der Waals surface area contributed by atoms with Crippen LogP contribution in [0.5, 0.6) is 0 Å². The van der Waals surface area contributed by atoms with Crippen LogP contribution >= 0.6 is 11.3 Å². The van der Waals surface area contributed by atoms with Gasteiger partial charge in [0.2, 0.25) is 5.91 Å². The van der Waals surface area contributed by atoms with Gasteiger partial charge in [0.15, 0.2) is 5.01 Å². The molecule has 1 aliphatic carbocycles. The first-order chi connectivity index (χ1) is 15.3. The van der Waals surface area contributed by atoms with Crippen LogP contribution in [0, 0.1) is 11.8 Å². The van der Waals surface area contributed by atoms with Gasteiger partial charge in [0, 0.05) is 18.3 Å². The molecule has 32 heavy (non-hydrogen) atoms. The van der Waals surface area contributed by atoms with E-state index in [0.29, 0.717) is 12.3 Å². The first-order valence-corrected chi connectivity index (χ1v) is 12.0. The molecule has 1 atom stereocenters. The van der Waals surface area contributed by atoms with E-state index in [4.69, 9.17) is 0 Å². The van der Waals surface area contributed by atoms with Gasteiger partial charge in [-0.2, -0.15) is 0 Å². The van der Waals surface area contributed by atoms with Crippen LogP contribution in [0.2, 0.25) is 0 Å². The number of nitrogens with zero attached hydrogens (tertiary/aromatic N) is 1. The van der Waals surface area contributed by atoms with E-state index in [1.54, 1.807) is 20.0 Å². The highest BCUT2D eigenvalue weighted by Crippen LogP contribution is 2.29. The third kappa shape index (κ3) is 6.63. The van der Waals surface area contributed by atoms with Crippen molar-refractivity contribution in [2.24, 2.45) is 11.8 Å². The molecule has 1 heterocycles. The molecule has 2 aromatic rings. The van der Waals surface area contributed by atoms with Gasteiger partial charge in [-0.15, -0.1) is 11.3 Å². The zero-order valence-electron chi connectivity index (χ0n) is 18.6. The Labute approximate surface area is 192 Å². The zero-order chi connectivity index (χ0) is 23.1. The summed E-state index contributed by atoms with van der Waals surface area (Å²) in [5.74, 6) is -1.08. The van der Waals surface area contributed by atoms with Gasteiger partial charge < -0.3 is 15.7 Å². The second-order valence-corrected chi connectivity index (χ2v) is 9.76. The summed E-state index contributed by atoms with van der Waals surface area (Å²) < 4.78 is 0. The Kier molecular flexibility index (Phi) is 8.39. The molecule has 1 saturated carbocycles. The van der Waals surface area contributed by atoms with Crippen LogP contribution in [0.4, 0.5) is 5.69 Å². The molecule has 3 rings (SSSR count). The summed E-state index contributed by atoms with van der Waals surface area (Å²) in [5.41, 5.74) is 1.62. The van der Waals surface area contributed by atoms with Gasteiger partial charge in [0.1, 0.15) is 6.04 Å². The summed E-state index contributed by atoms with van der Waals surface area (Å²) >= 11 is 1.20. The first kappa shape index (κ1) is 23.9. The highest BCUT2D eigenvalue weighted by atomic mass is 32.1. The maximum absolute atomic E-state index is 12.4. The number of rotatable bonds is 9. The quantitative estimate of drug-likeness (QED) is 0.494. The number of aromatic nitrogens is 1. The average molecular weight is 458 g/mol. The van der Waals surface area contributed by atoms with Gasteiger partial charge in [-0.05, 0) is 36.0 Å². The average Bonchev–Trinajstić information content (AvgIpc) is 3.27. The third-order valence-corrected chi connectivity index (χ3v) is 6.92. The lowest BCUT2D eigenvalue weighted by atomic mass is 9.86. The second kappa shape index (κ2) is 11.2. The number of carbonyl (C=O) groups is 3. The minimum absolute atomic E-state index is 0.0400. The summed E-state index contributed by atoms with van der Waals surface area (Å²) in [6.45, 7) is 3.48. The number of aliphatic carboxylic acids is 1. The van der Waals surface area contributed by atoms with Gasteiger partial charge in [0.25, 0.3) is 5.91 Å². The van der Waals surface area contributed by atoms with Gasteiger partial charge >= 0.3 is 5.97 Å². The Morgan fingerprint density at radius 2 is 1.81 bits per heavy atom. The molecule has 0 spiro atoms. The number of carboxylic acids is 1. The number of carboxylic acid groups (broad SMARTS) is 1. The van der Waals surface area contributed by atoms with E-state index in [0.717, 1.165) is 22.5 Å². The van der Waals surface area contributed by atoms with Crippen molar-refractivity contribution in [3.05, 3.63) is 35.5 Å². The number of carbonyl (C=O) groups excluding carboxylic acids is 2. The van der Waals surface area contributed by atoms with Crippen molar-refractivity contribution in [2.45, 2.75) is 64.8 Å². The molecule has 1 aromatic heterocycles. The van der Waals surface area contributed by atoms with Crippen molar-refractivity contribution in [1.82, 2.24) is 10.3 Å². The fourth-order valence-corrected chi connectivity index (χ4v) is 4.81. The van der Waals surface area contributed by atoms with E-state index >= 15 is 0 Å². The van der Waals surface area contributed by atoms with Crippen molar-refractivity contribution in [3.63, 3.8) is 0 Å². The number of hydrogen-bond donors (Lipinski definition) is 3. The molecule has 1 aliphatic rings. The minimum Gasteiger partial charge on any atom is -0.480 e. The van der Waals surface area contributed by atoms with E-state index in [-0.39, 0.29) is 16.8 Å². The molecule has 8 heteroatoms. The predicted molar refractivity (Wildman–Crippen MR) is 126 cm³/mol. The Morgan fingerprint density at radius 1 is 1.12 bits per heavy atom. The smallest absolute Gasteiger partial charge is 0.326 e. The first-order valence-electron chi connectivity index (χ1n) is 11.2. The molecule has 0 bridgehead atoms. The van der Waals surface area contributed by atoms with Crippen LogP contribution in [0.25, 0.3) is 10.4 Å². The molecule has 0 saturated heterocycles. The maximum Gasteiger partial charge on any atom is 0.326 e. The van der Waals surface area contributed by atoms with Crippen LogP contribution < -0.4 is 10.6 Å². The van der Waals surface area contributed by atoms with E-state index in [9.17, 15) is 19.5 Å². The Hall–Kier alpha value is -2.74. The van der Waals surface area contributed by atoms with Gasteiger partial charge in [-0.1, -0.05) is 58.1 Å². The van der Waals surface area contributed by atoms with Gasteiger partial charge in [0.05, 0.1) is 4.88 Å². The zero-order valence-corrected chi connectivity index (χ0v) is 19.4. The molecular weight excluding hydrogens is 426 g/mol. The lowest BCUT2D eigenvalue weighted by Gasteiger charge is -2.21. The van der Waals surface area contributed by atoms with Crippen molar-refractivity contribution in [1.29, 1.82) is 0 Å².